The zero-order chi connectivity index (χ0) is 19.0. The van der Waals surface area contributed by atoms with E-state index < -0.39 is 0 Å². The maximum Gasteiger partial charge on any atom is 0.266 e. The number of aryl methyl sites for hydroxylation is 3. The first kappa shape index (κ1) is 17.2. The molecule has 3 heterocycles. The molecule has 0 aliphatic rings. The predicted octanol–water partition coefficient (Wildman–Crippen LogP) is 4.33. The zero-order valence-electron chi connectivity index (χ0n) is 15.1. The van der Waals surface area contributed by atoms with E-state index in [0.717, 1.165) is 27.0 Å². The summed E-state index contributed by atoms with van der Waals surface area (Å²) in [6.07, 6.45) is 3.23. The van der Waals surface area contributed by atoms with Crippen LogP contribution >= 0.6 is 11.3 Å². The van der Waals surface area contributed by atoms with Crippen LogP contribution in [0.15, 0.2) is 42.7 Å². The second-order valence-electron chi connectivity index (χ2n) is 6.21. The molecular formula is C20H17N5OS. The van der Waals surface area contributed by atoms with Crippen molar-refractivity contribution in [2.45, 2.75) is 20.8 Å². The number of rotatable bonds is 3. The van der Waals surface area contributed by atoms with Crippen LogP contribution in [0, 0.1) is 20.8 Å². The molecule has 6 nitrogen and oxygen atoms in total. The highest BCUT2D eigenvalue weighted by Gasteiger charge is 2.19. The third-order valence-electron chi connectivity index (χ3n) is 4.23. The van der Waals surface area contributed by atoms with Gasteiger partial charge in [-0.2, -0.15) is 0 Å². The van der Waals surface area contributed by atoms with Crippen molar-refractivity contribution in [1.82, 2.24) is 19.9 Å². The van der Waals surface area contributed by atoms with Crippen LogP contribution in [-0.2, 0) is 0 Å². The Labute approximate surface area is 160 Å². The van der Waals surface area contributed by atoms with Crippen LogP contribution < -0.4 is 5.32 Å². The topological polar surface area (TPSA) is 80.7 Å². The molecule has 0 unspecified atom stereocenters. The summed E-state index contributed by atoms with van der Waals surface area (Å²) in [7, 11) is 0. The van der Waals surface area contributed by atoms with Crippen molar-refractivity contribution in [3.05, 3.63) is 64.7 Å². The summed E-state index contributed by atoms with van der Waals surface area (Å²) in [5, 5.41) is 3.82. The number of hydrogen-bond donors (Lipinski definition) is 1. The van der Waals surface area contributed by atoms with E-state index in [1.807, 2.05) is 51.1 Å². The number of aromatic nitrogens is 4. The van der Waals surface area contributed by atoms with E-state index in [-0.39, 0.29) is 5.91 Å². The van der Waals surface area contributed by atoms with E-state index in [0.29, 0.717) is 22.2 Å². The van der Waals surface area contributed by atoms with Gasteiger partial charge in [-0.3, -0.25) is 4.79 Å². The SMILES string of the molecule is Cc1nc(C)c2c(C)c(C(=O)Nc3cnc(-c4ccccc4)nc3)sc2n1. The third-order valence-corrected chi connectivity index (χ3v) is 5.42. The van der Waals surface area contributed by atoms with Gasteiger partial charge < -0.3 is 5.32 Å². The zero-order valence-corrected chi connectivity index (χ0v) is 16.0. The van der Waals surface area contributed by atoms with Gasteiger partial charge in [-0.05, 0) is 26.3 Å². The summed E-state index contributed by atoms with van der Waals surface area (Å²) < 4.78 is 0. The first-order valence-corrected chi connectivity index (χ1v) is 9.27. The number of nitrogens with zero attached hydrogens (tertiary/aromatic N) is 4. The number of anilines is 1. The van der Waals surface area contributed by atoms with E-state index >= 15 is 0 Å². The van der Waals surface area contributed by atoms with Gasteiger partial charge in [0.1, 0.15) is 10.7 Å². The van der Waals surface area contributed by atoms with E-state index in [2.05, 4.69) is 25.3 Å². The van der Waals surface area contributed by atoms with Gasteiger partial charge >= 0.3 is 0 Å². The molecule has 134 valence electrons. The fraction of sp³-hybridized carbons (Fsp3) is 0.150. The minimum absolute atomic E-state index is 0.191. The molecule has 0 radical (unpaired) electrons. The van der Waals surface area contributed by atoms with Crippen LogP contribution in [0.1, 0.15) is 26.8 Å². The molecule has 0 saturated carbocycles. The van der Waals surface area contributed by atoms with Gasteiger partial charge in [0, 0.05) is 16.6 Å². The Kier molecular flexibility index (Phi) is 4.37. The van der Waals surface area contributed by atoms with Crippen LogP contribution in [0.2, 0.25) is 0 Å². The molecule has 7 heteroatoms. The fourth-order valence-electron chi connectivity index (χ4n) is 3.01. The average Bonchev–Trinajstić information content (AvgIpc) is 3.00. The molecule has 0 aliphatic carbocycles. The lowest BCUT2D eigenvalue weighted by atomic mass is 10.1. The second kappa shape index (κ2) is 6.85. The molecule has 1 amide bonds. The monoisotopic (exact) mass is 375 g/mol. The van der Waals surface area contributed by atoms with Crippen LogP contribution in [0.3, 0.4) is 0 Å². The molecule has 4 aromatic rings. The molecule has 1 N–H and O–H groups in total. The smallest absolute Gasteiger partial charge is 0.266 e. The van der Waals surface area contributed by atoms with Crippen LogP contribution in [-0.4, -0.2) is 25.8 Å². The Balaban J connectivity index is 1.60. The molecule has 1 aromatic carbocycles. The minimum atomic E-state index is -0.191. The molecule has 0 atom stereocenters. The maximum absolute atomic E-state index is 12.8. The first-order valence-electron chi connectivity index (χ1n) is 8.46. The van der Waals surface area contributed by atoms with E-state index in [1.165, 1.54) is 11.3 Å². The number of hydrogen-bond acceptors (Lipinski definition) is 6. The summed E-state index contributed by atoms with van der Waals surface area (Å²) in [5.41, 5.74) is 3.27. The van der Waals surface area contributed by atoms with Gasteiger partial charge in [0.05, 0.1) is 23.0 Å². The number of benzene rings is 1. The van der Waals surface area contributed by atoms with Gasteiger partial charge in [-0.1, -0.05) is 30.3 Å². The standard InChI is InChI=1S/C20H17N5OS/c1-11-16-12(2)23-13(3)24-20(16)27-17(11)19(26)25-15-9-21-18(22-10-15)14-7-5-4-6-8-14/h4-10H,1-3H3,(H,25,26). The highest BCUT2D eigenvalue weighted by Crippen LogP contribution is 2.31. The number of carbonyl (C=O) groups excluding carboxylic acids is 1. The normalized spacial score (nSPS) is 10.9. The molecular weight excluding hydrogens is 358 g/mol. The molecule has 27 heavy (non-hydrogen) atoms. The highest BCUT2D eigenvalue weighted by atomic mass is 32.1. The van der Waals surface area contributed by atoms with E-state index in [1.54, 1.807) is 12.4 Å². The van der Waals surface area contributed by atoms with Crippen molar-refractivity contribution in [3.8, 4) is 11.4 Å². The Hall–Kier alpha value is -3.19. The first-order chi connectivity index (χ1) is 13.0. The van der Waals surface area contributed by atoms with Crippen molar-refractivity contribution >= 4 is 33.1 Å². The Morgan fingerprint density at radius 3 is 2.41 bits per heavy atom. The summed E-state index contributed by atoms with van der Waals surface area (Å²) in [5.74, 6) is 1.13. The lowest BCUT2D eigenvalue weighted by Gasteiger charge is -2.05. The fourth-order valence-corrected chi connectivity index (χ4v) is 4.18. The third kappa shape index (κ3) is 3.29. The summed E-state index contributed by atoms with van der Waals surface area (Å²) >= 11 is 1.38. The highest BCUT2D eigenvalue weighted by molar-refractivity contribution is 7.20. The number of thiophene rings is 1. The molecule has 0 aliphatic heterocycles. The van der Waals surface area contributed by atoms with Crippen molar-refractivity contribution in [2.24, 2.45) is 0 Å². The summed E-state index contributed by atoms with van der Waals surface area (Å²) in [6.45, 7) is 5.72. The van der Waals surface area contributed by atoms with Crippen LogP contribution in [0.4, 0.5) is 5.69 Å². The minimum Gasteiger partial charge on any atom is -0.319 e. The Bertz CT molecular complexity index is 1140. The quantitative estimate of drug-likeness (QED) is 0.576. The second-order valence-corrected chi connectivity index (χ2v) is 7.21. The van der Waals surface area contributed by atoms with Crippen molar-refractivity contribution in [2.75, 3.05) is 5.32 Å². The number of nitrogens with one attached hydrogen (secondary N) is 1. The predicted molar refractivity (Wildman–Crippen MR) is 107 cm³/mol. The largest absolute Gasteiger partial charge is 0.319 e. The van der Waals surface area contributed by atoms with Gasteiger partial charge in [0.15, 0.2) is 5.82 Å². The average molecular weight is 375 g/mol. The molecule has 4 rings (SSSR count). The summed E-state index contributed by atoms with van der Waals surface area (Å²) in [6, 6.07) is 9.70. The van der Waals surface area contributed by atoms with Crippen LogP contribution in [0.25, 0.3) is 21.6 Å². The molecule has 0 bridgehead atoms. The van der Waals surface area contributed by atoms with Gasteiger partial charge in [0.2, 0.25) is 0 Å². The Morgan fingerprint density at radius 2 is 1.70 bits per heavy atom. The van der Waals surface area contributed by atoms with Crippen molar-refractivity contribution in [3.63, 3.8) is 0 Å². The Morgan fingerprint density at radius 1 is 1.00 bits per heavy atom. The van der Waals surface area contributed by atoms with Crippen LogP contribution in [0.5, 0.6) is 0 Å². The number of carbonyl (C=O) groups is 1. The van der Waals surface area contributed by atoms with Gasteiger partial charge in [0.25, 0.3) is 5.91 Å². The van der Waals surface area contributed by atoms with E-state index in [9.17, 15) is 4.79 Å². The molecule has 0 spiro atoms. The number of fused-ring (bicyclic) bond motifs is 1. The molecule has 0 fully saturated rings. The van der Waals surface area contributed by atoms with Crippen molar-refractivity contribution in [1.29, 1.82) is 0 Å². The van der Waals surface area contributed by atoms with E-state index in [4.69, 9.17) is 0 Å². The number of amides is 1. The lowest BCUT2D eigenvalue weighted by molar-refractivity contribution is 0.103. The maximum atomic E-state index is 12.8. The van der Waals surface area contributed by atoms with Gasteiger partial charge in [-0.25, -0.2) is 19.9 Å². The van der Waals surface area contributed by atoms with Gasteiger partial charge in [-0.15, -0.1) is 11.3 Å². The molecule has 0 saturated heterocycles. The lowest BCUT2D eigenvalue weighted by Crippen LogP contribution is -2.12. The summed E-state index contributed by atoms with van der Waals surface area (Å²) in [4.78, 5) is 31.7. The molecule has 3 aromatic heterocycles. The van der Waals surface area contributed by atoms with Crippen molar-refractivity contribution < 1.29 is 4.79 Å².